The molecule has 0 atom stereocenters. The van der Waals surface area contributed by atoms with Crippen LogP contribution < -0.4 is 4.74 Å². The van der Waals surface area contributed by atoms with E-state index in [1.54, 1.807) is 30.3 Å². The van der Waals surface area contributed by atoms with Gasteiger partial charge in [0.05, 0.1) is 6.54 Å². The van der Waals surface area contributed by atoms with E-state index >= 15 is 0 Å². The summed E-state index contributed by atoms with van der Waals surface area (Å²) in [5.74, 6) is -0.370. The number of benzene rings is 2. The van der Waals surface area contributed by atoms with E-state index < -0.39 is 6.36 Å². The number of alkyl halides is 3. The zero-order valence-corrected chi connectivity index (χ0v) is 14.0. The van der Waals surface area contributed by atoms with E-state index in [2.05, 4.69) is 9.72 Å². The number of nitrogens with zero attached hydrogens (tertiary/aromatic N) is 1. The van der Waals surface area contributed by atoms with Crippen LogP contribution in [0.1, 0.15) is 15.9 Å². The van der Waals surface area contributed by atoms with Crippen molar-refractivity contribution in [1.82, 2.24) is 9.88 Å². The van der Waals surface area contributed by atoms with Gasteiger partial charge in [-0.05, 0) is 19.2 Å². The molecule has 2 aromatic carbocycles. The second-order valence-electron chi connectivity index (χ2n) is 6.00. The van der Waals surface area contributed by atoms with Gasteiger partial charge < -0.3 is 9.72 Å². The molecule has 0 amide bonds. The third-order valence-electron chi connectivity index (χ3n) is 3.94. The minimum absolute atomic E-state index is 0.0716. The molecule has 1 N–H and O–H groups in total. The largest absolute Gasteiger partial charge is 0.573 e. The molecule has 7 heteroatoms. The maximum atomic E-state index is 12.6. The molecule has 4 nitrogen and oxygen atoms in total. The fourth-order valence-electron chi connectivity index (χ4n) is 2.84. The van der Waals surface area contributed by atoms with Gasteiger partial charge in [0.25, 0.3) is 0 Å². The molecule has 0 aliphatic rings. The number of H-pyrrole nitrogens is 1. The second-order valence-corrected chi connectivity index (χ2v) is 6.00. The first-order valence-corrected chi connectivity index (χ1v) is 7.95. The van der Waals surface area contributed by atoms with Crippen LogP contribution in [0.25, 0.3) is 10.9 Å². The quantitative estimate of drug-likeness (QED) is 0.662. The summed E-state index contributed by atoms with van der Waals surface area (Å²) in [4.78, 5) is 17.3. The van der Waals surface area contributed by atoms with Gasteiger partial charge in [0.1, 0.15) is 5.75 Å². The van der Waals surface area contributed by atoms with E-state index in [0.717, 1.165) is 10.9 Å². The third-order valence-corrected chi connectivity index (χ3v) is 3.94. The van der Waals surface area contributed by atoms with Crippen molar-refractivity contribution in [3.63, 3.8) is 0 Å². The molecular weight excluding hydrogens is 345 g/mol. The average molecular weight is 362 g/mol. The monoisotopic (exact) mass is 362 g/mol. The van der Waals surface area contributed by atoms with Gasteiger partial charge in [-0.1, -0.05) is 36.4 Å². The Morgan fingerprint density at radius 1 is 1.12 bits per heavy atom. The van der Waals surface area contributed by atoms with Crippen LogP contribution in [0.4, 0.5) is 13.2 Å². The fraction of sp³-hybridized carbons (Fsp3) is 0.211. The Bertz CT molecular complexity index is 918. The maximum Gasteiger partial charge on any atom is 0.573 e. The zero-order valence-electron chi connectivity index (χ0n) is 14.0. The SMILES string of the molecule is CN(CC(=O)c1c[nH]c2ccccc12)Cc1ccccc1OC(F)(F)F. The Balaban J connectivity index is 1.71. The predicted octanol–water partition coefficient (Wildman–Crippen LogP) is 4.38. The van der Waals surface area contributed by atoms with E-state index in [9.17, 15) is 18.0 Å². The first-order chi connectivity index (χ1) is 12.3. The Kier molecular flexibility index (Phi) is 4.99. The lowest BCUT2D eigenvalue weighted by atomic mass is 10.1. The summed E-state index contributed by atoms with van der Waals surface area (Å²) < 4.78 is 41.6. The van der Waals surface area contributed by atoms with E-state index in [1.165, 1.54) is 12.1 Å². The summed E-state index contributed by atoms with van der Waals surface area (Å²) >= 11 is 0. The number of hydrogen-bond acceptors (Lipinski definition) is 3. The fourth-order valence-corrected chi connectivity index (χ4v) is 2.84. The Hall–Kier alpha value is -2.80. The lowest BCUT2D eigenvalue weighted by molar-refractivity contribution is -0.275. The van der Waals surface area contributed by atoms with Crippen molar-refractivity contribution < 1.29 is 22.7 Å². The number of carbonyl (C=O) groups is 1. The van der Waals surface area contributed by atoms with Gasteiger partial charge in [0, 0.05) is 34.8 Å². The van der Waals surface area contributed by atoms with Crippen LogP contribution in [0, 0.1) is 0 Å². The minimum Gasteiger partial charge on any atom is -0.405 e. The van der Waals surface area contributed by atoms with Crippen molar-refractivity contribution in [2.75, 3.05) is 13.6 Å². The Morgan fingerprint density at radius 3 is 2.58 bits per heavy atom. The molecule has 26 heavy (non-hydrogen) atoms. The molecule has 0 radical (unpaired) electrons. The number of Topliss-reactive ketones (excluding diaryl/α,β-unsaturated/α-hetero) is 1. The lowest BCUT2D eigenvalue weighted by Gasteiger charge is -2.19. The number of aromatic nitrogens is 1. The Morgan fingerprint density at radius 2 is 1.81 bits per heavy atom. The van der Waals surface area contributed by atoms with Crippen LogP contribution in [0.5, 0.6) is 5.75 Å². The number of carbonyl (C=O) groups excluding carboxylic acids is 1. The van der Waals surface area contributed by atoms with Gasteiger partial charge in [-0.25, -0.2) is 0 Å². The summed E-state index contributed by atoms with van der Waals surface area (Å²) in [5.41, 5.74) is 1.79. The van der Waals surface area contributed by atoms with Gasteiger partial charge in [-0.2, -0.15) is 0 Å². The van der Waals surface area contributed by atoms with Crippen molar-refractivity contribution in [3.05, 3.63) is 65.9 Å². The van der Waals surface area contributed by atoms with Crippen LogP contribution in [-0.4, -0.2) is 35.6 Å². The summed E-state index contributed by atoms with van der Waals surface area (Å²) in [5, 5.41) is 0.826. The minimum atomic E-state index is -4.76. The number of likely N-dealkylation sites (N-methyl/N-ethyl adjacent to an activating group) is 1. The van der Waals surface area contributed by atoms with Gasteiger partial charge in [-0.3, -0.25) is 9.69 Å². The van der Waals surface area contributed by atoms with Crippen LogP contribution in [-0.2, 0) is 6.54 Å². The van der Waals surface area contributed by atoms with Crippen LogP contribution in [0.15, 0.2) is 54.7 Å². The van der Waals surface area contributed by atoms with E-state index in [0.29, 0.717) is 11.1 Å². The normalized spacial score (nSPS) is 11.9. The van der Waals surface area contributed by atoms with E-state index in [4.69, 9.17) is 0 Å². The highest BCUT2D eigenvalue weighted by Gasteiger charge is 2.32. The van der Waals surface area contributed by atoms with Gasteiger partial charge in [0.2, 0.25) is 0 Å². The molecule has 0 aliphatic heterocycles. The van der Waals surface area contributed by atoms with Gasteiger partial charge in [-0.15, -0.1) is 13.2 Å². The zero-order chi connectivity index (χ0) is 18.7. The number of halogens is 3. The smallest absolute Gasteiger partial charge is 0.405 e. The molecule has 0 unspecified atom stereocenters. The van der Waals surface area contributed by atoms with Gasteiger partial charge >= 0.3 is 6.36 Å². The summed E-state index contributed by atoms with van der Waals surface area (Å²) in [7, 11) is 1.68. The maximum absolute atomic E-state index is 12.6. The van der Waals surface area contributed by atoms with Crippen molar-refractivity contribution in [1.29, 1.82) is 0 Å². The standard InChI is InChI=1S/C19H17F3N2O2/c1-24(11-13-6-2-5-9-18(13)26-19(20,21)22)12-17(25)15-10-23-16-8-4-3-7-14(15)16/h2-10,23H,11-12H2,1H3. The number of aromatic amines is 1. The third kappa shape index (κ3) is 4.23. The first-order valence-electron chi connectivity index (χ1n) is 7.95. The highest BCUT2D eigenvalue weighted by molar-refractivity contribution is 6.08. The summed E-state index contributed by atoms with van der Waals surface area (Å²) in [6.07, 6.45) is -3.10. The topological polar surface area (TPSA) is 45.3 Å². The lowest BCUT2D eigenvalue weighted by Crippen LogP contribution is -2.26. The molecule has 136 valence electrons. The molecular formula is C19H17F3N2O2. The Labute approximate surface area is 148 Å². The number of fused-ring (bicyclic) bond motifs is 1. The van der Waals surface area contributed by atoms with Crippen molar-refractivity contribution >= 4 is 16.7 Å². The molecule has 3 aromatic rings. The molecule has 3 rings (SSSR count). The summed E-state index contributed by atoms with van der Waals surface area (Å²) in [6.45, 7) is 0.225. The number of ketones is 1. The molecule has 0 saturated heterocycles. The predicted molar refractivity (Wildman–Crippen MR) is 92.1 cm³/mol. The molecule has 0 spiro atoms. The first kappa shape index (κ1) is 18.0. The highest BCUT2D eigenvalue weighted by atomic mass is 19.4. The highest BCUT2D eigenvalue weighted by Crippen LogP contribution is 2.27. The van der Waals surface area contributed by atoms with E-state index in [-0.39, 0.29) is 24.6 Å². The molecule has 0 fully saturated rings. The molecule has 0 bridgehead atoms. The molecule has 1 heterocycles. The number of rotatable bonds is 6. The number of para-hydroxylation sites is 2. The molecule has 1 aromatic heterocycles. The van der Waals surface area contributed by atoms with Crippen LogP contribution in [0.3, 0.4) is 0 Å². The van der Waals surface area contributed by atoms with Crippen molar-refractivity contribution in [3.8, 4) is 5.75 Å². The number of nitrogens with one attached hydrogen (secondary N) is 1. The van der Waals surface area contributed by atoms with Gasteiger partial charge in [0.15, 0.2) is 5.78 Å². The molecule has 0 saturated carbocycles. The molecule has 0 aliphatic carbocycles. The van der Waals surface area contributed by atoms with Crippen LogP contribution >= 0.6 is 0 Å². The number of hydrogen-bond donors (Lipinski definition) is 1. The number of ether oxygens (including phenoxy) is 1. The van der Waals surface area contributed by atoms with Crippen molar-refractivity contribution in [2.24, 2.45) is 0 Å². The second kappa shape index (κ2) is 7.21. The van der Waals surface area contributed by atoms with Crippen LogP contribution in [0.2, 0.25) is 0 Å². The summed E-state index contributed by atoms with van der Waals surface area (Å²) in [6, 6.07) is 13.4. The average Bonchev–Trinajstić information content (AvgIpc) is 2.99. The van der Waals surface area contributed by atoms with E-state index in [1.807, 2.05) is 24.3 Å². The van der Waals surface area contributed by atoms with Crippen molar-refractivity contribution in [2.45, 2.75) is 12.9 Å².